The highest BCUT2D eigenvalue weighted by molar-refractivity contribution is 6.16. The summed E-state index contributed by atoms with van der Waals surface area (Å²) in [6.07, 6.45) is 1.41. The normalized spacial score (nSPS) is 9.86. The first-order valence-electron chi connectivity index (χ1n) is 2.05. The van der Waals surface area contributed by atoms with E-state index in [2.05, 4.69) is 4.74 Å². The summed E-state index contributed by atoms with van der Waals surface area (Å²) >= 11 is 0. The average Bonchev–Trinajstić information content (AvgIpc) is 1.61. The van der Waals surface area contributed by atoms with Crippen LogP contribution >= 0.6 is 0 Å². The van der Waals surface area contributed by atoms with Gasteiger partial charge in [0.2, 0.25) is 0 Å². The predicted molar refractivity (Wildman–Crippen MR) is 30.8 cm³/mol. The highest BCUT2D eigenvalue weighted by atomic mass is 28.1. The van der Waals surface area contributed by atoms with E-state index in [-0.39, 0.29) is 5.97 Å². The molecule has 0 atom stereocenters. The van der Waals surface area contributed by atoms with E-state index < -0.39 is 0 Å². The van der Waals surface area contributed by atoms with Gasteiger partial charge in [-0.3, -0.25) is 4.79 Å². The SMILES string of the molecule is CC(=O)OC=C[SiH3]. The molecule has 0 N–H and O–H groups in total. The van der Waals surface area contributed by atoms with Gasteiger partial charge in [-0.1, -0.05) is 5.70 Å². The molecule has 0 aliphatic heterocycles. The Hall–Kier alpha value is -0.573. The lowest BCUT2D eigenvalue weighted by molar-refractivity contribution is -0.135. The van der Waals surface area contributed by atoms with Crippen molar-refractivity contribution in [2.45, 2.75) is 6.92 Å². The van der Waals surface area contributed by atoms with Crippen LogP contribution in [0.25, 0.3) is 0 Å². The number of esters is 1. The van der Waals surface area contributed by atoms with Gasteiger partial charge in [0.25, 0.3) is 0 Å². The first-order valence-corrected chi connectivity index (χ1v) is 3.21. The van der Waals surface area contributed by atoms with Crippen molar-refractivity contribution in [2.75, 3.05) is 0 Å². The van der Waals surface area contributed by atoms with Crippen LogP contribution in [0.2, 0.25) is 0 Å². The summed E-state index contributed by atoms with van der Waals surface area (Å²) in [6, 6.07) is 0. The van der Waals surface area contributed by atoms with Gasteiger partial charge in [-0.2, -0.15) is 0 Å². The maximum absolute atomic E-state index is 9.94. The molecule has 0 aromatic rings. The third-order valence-corrected chi connectivity index (χ3v) is 0.642. The van der Waals surface area contributed by atoms with Crippen molar-refractivity contribution in [3.8, 4) is 0 Å². The summed E-state index contributed by atoms with van der Waals surface area (Å²) in [5.74, 6) is -0.257. The number of ether oxygens (including phenoxy) is 1. The minimum atomic E-state index is -0.257. The van der Waals surface area contributed by atoms with E-state index in [4.69, 9.17) is 0 Å². The van der Waals surface area contributed by atoms with Gasteiger partial charge in [0, 0.05) is 17.2 Å². The Morgan fingerprint density at radius 3 is 2.57 bits per heavy atom. The van der Waals surface area contributed by atoms with Crippen molar-refractivity contribution < 1.29 is 9.53 Å². The fraction of sp³-hybridized carbons (Fsp3) is 0.250. The standard InChI is InChI=1S/C4H8O2Si/c1-4(5)6-2-3-7/h2-3H,1,7H3. The second-order valence-electron chi connectivity index (χ2n) is 1.08. The molecule has 2 nitrogen and oxygen atoms in total. The molecule has 0 radical (unpaired) electrons. The number of carbonyl (C=O) groups is 1. The van der Waals surface area contributed by atoms with E-state index in [1.165, 1.54) is 13.2 Å². The third-order valence-electron chi connectivity index (χ3n) is 0.370. The second-order valence-corrected chi connectivity index (χ2v) is 1.75. The molecule has 7 heavy (non-hydrogen) atoms. The second kappa shape index (κ2) is 3.61. The van der Waals surface area contributed by atoms with Crippen LogP contribution < -0.4 is 0 Å². The molecular formula is C4H8O2Si. The number of hydrogen-bond donors (Lipinski definition) is 0. The largest absolute Gasteiger partial charge is 0.435 e. The Morgan fingerprint density at radius 2 is 2.43 bits per heavy atom. The van der Waals surface area contributed by atoms with Crippen LogP contribution in [-0.4, -0.2) is 16.2 Å². The van der Waals surface area contributed by atoms with Gasteiger partial charge < -0.3 is 4.74 Å². The summed E-state index contributed by atoms with van der Waals surface area (Å²) in [5, 5.41) is 0. The van der Waals surface area contributed by atoms with Crippen LogP contribution in [0.1, 0.15) is 6.92 Å². The molecule has 0 aromatic carbocycles. The minimum Gasteiger partial charge on any atom is -0.435 e. The zero-order chi connectivity index (χ0) is 5.70. The molecule has 0 saturated carbocycles. The lowest BCUT2D eigenvalue weighted by atomic mass is 10.8. The van der Waals surface area contributed by atoms with Crippen molar-refractivity contribution in [3.63, 3.8) is 0 Å². The van der Waals surface area contributed by atoms with Crippen LogP contribution in [0, 0.1) is 0 Å². The Balaban J connectivity index is 3.14. The van der Waals surface area contributed by atoms with Crippen molar-refractivity contribution >= 4 is 16.2 Å². The Labute approximate surface area is 45.6 Å². The van der Waals surface area contributed by atoms with Gasteiger partial charge in [0.1, 0.15) is 0 Å². The number of hydrogen-bond acceptors (Lipinski definition) is 2. The van der Waals surface area contributed by atoms with Crippen LogP contribution in [0.5, 0.6) is 0 Å². The zero-order valence-corrected chi connectivity index (χ0v) is 6.47. The molecule has 0 aliphatic carbocycles. The fourth-order valence-corrected chi connectivity index (χ4v) is 0.300. The van der Waals surface area contributed by atoms with Gasteiger partial charge in [-0.15, -0.1) is 0 Å². The maximum Gasteiger partial charge on any atom is 0.307 e. The van der Waals surface area contributed by atoms with E-state index in [1.54, 1.807) is 5.70 Å². The molecule has 0 saturated heterocycles. The molecule has 0 unspecified atom stereocenters. The molecule has 0 aliphatic rings. The Kier molecular flexibility index (Phi) is 3.32. The summed E-state index contributed by atoms with van der Waals surface area (Å²) < 4.78 is 4.41. The van der Waals surface area contributed by atoms with Crippen LogP contribution in [0.4, 0.5) is 0 Å². The van der Waals surface area contributed by atoms with E-state index >= 15 is 0 Å². The maximum atomic E-state index is 9.94. The molecule has 0 amide bonds. The van der Waals surface area contributed by atoms with E-state index in [0.29, 0.717) is 0 Å². The number of rotatable bonds is 1. The third kappa shape index (κ3) is 5.43. The summed E-state index contributed by atoms with van der Waals surface area (Å²) in [4.78, 5) is 9.94. The number of carbonyl (C=O) groups excluding carboxylic acids is 1. The first-order chi connectivity index (χ1) is 3.27. The first kappa shape index (κ1) is 6.43. The highest BCUT2D eigenvalue weighted by Gasteiger charge is 1.80. The van der Waals surface area contributed by atoms with Gasteiger partial charge in [-0.25, -0.2) is 0 Å². The van der Waals surface area contributed by atoms with Gasteiger partial charge >= 0.3 is 5.97 Å². The van der Waals surface area contributed by atoms with E-state index in [0.717, 1.165) is 10.2 Å². The van der Waals surface area contributed by atoms with Crippen LogP contribution in [-0.2, 0) is 9.53 Å². The molecule has 0 aromatic heterocycles. The monoisotopic (exact) mass is 116 g/mol. The summed E-state index contributed by atoms with van der Waals surface area (Å²) in [7, 11) is 0.937. The van der Waals surface area contributed by atoms with Crippen LogP contribution in [0.3, 0.4) is 0 Å². The Bertz CT molecular complexity index is 87.7. The predicted octanol–water partition coefficient (Wildman–Crippen LogP) is -0.614. The average molecular weight is 116 g/mol. The zero-order valence-electron chi connectivity index (χ0n) is 4.47. The van der Waals surface area contributed by atoms with E-state index in [1.807, 2.05) is 0 Å². The molecule has 3 heteroatoms. The summed E-state index contributed by atoms with van der Waals surface area (Å²) in [5.41, 5.74) is 1.79. The highest BCUT2D eigenvalue weighted by Crippen LogP contribution is 1.73. The van der Waals surface area contributed by atoms with Crippen molar-refractivity contribution in [2.24, 2.45) is 0 Å². The van der Waals surface area contributed by atoms with Crippen molar-refractivity contribution in [1.29, 1.82) is 0 Å². The fourth-order valence-electron chi connectivity index (χ4n) is 0.164. The Morgan fingerprint density at radius 1 is 1.86 bits per heavy atom. The molecule has 0 bridgehead atoms. The smallest absolute Gasteiger partial charge is 0.307 e. The molecule has 0 heterocycles. The lowest BCUT2D eigenvalue weighted by Crippen LogP contribution is -1.88. The molecular weight excluding hydrogens is 108 g/mol. The van der Waals surface area contributed by atoms with Crippen LogP contribution in [0.15, 0.2) is 12.0 Å². The topological polar surface area (TPSA) is 26.3 Å². The quantitative estimate of drug-likeness (QED) is 0.259. The molecule has 40 valence electrons. The molecule has 0 rings (SSSR count). The molecule has 0 fully saturated rings. The van der Waals surface area contributed by atoms with Crippen molar-refractivity contribution in [3.05, 3.63) is 12.0 Å². The molecule has 0 spiro atoms. The lowest BCUT2D eigenvalue weighted by Gasteiger charge is -1.85. The van der Waals surface area contributed by atoms with Gasteiger partial charge in [0.05, 0.1) is 6.26 Å². The van der Waals surface area contributed by atoms with E-state index in [9.17, 15) is 4.79 Å². The minimum absolute atomic E-state index is 0.257. The summed E-state index contributed by atoms with van der Waals surface area (Å²) in [6.45, 7) is 1.38. The van der Waals surface area contributed by atoms with Crippen molar-refractivity contribution in [1.82, 2.24) is 0 Å². The van der Waals surface area contributed by atoms with Gasteiger partial charge in [-0.05, 0) is 0 Å². The van der Waals surface area contributed by atoms with Gasteiger partial charge in [0.15, 0.2) is 0 Å².